The molecule has 0 radical (unpaired) electrons. The highest BCUT2D eigenvalue weighted by molar-refractivity contribution is 7.92. The average molecular weight is 606 g/mol. The highest BCUT2D eigenvalue weighted by atomic mass is 32.2. The Bertz CT molecular complexity index is 1380. The summed E-state index contributed by atoms with van der Waals surface area (Å²) in [6, 6.07) is 5.85. The lowest BCUT2D eigenvalue weighted by Gasteiger charge is -2.39. The van der Waals surface area contributed by atoms with Crippen LogP contribution in [-0.2, 0) is 29.0 Å². The van der Waals surface area contributed by atoms with E-state index < -0.39 is 33.8 Å². The molecule has 1 aromatic heterocycles. The third-order valence-corrected chi connectivity index (χ3v) is 7.95. The maximum Gasteiger partial charge on any atom is 0.308 e. The lowest BCUT2D eigenvalue weighted by atomic mass is 9.97. The number of ether oxygens (including phenoxy) is 3. The zero-order chi connectivity index (χ0) is 31.4. The molecule has 1 aliphatic heterocycles. The highest BCUT2D eigenvalue weighted by Gasteiger charge is 2.36. The maximum absolute atomic E-state index is 13.8. The molecule has 2 heterocycles. The van der Waals surface area contributed by atoms with E-state index >= 15 is 0 Å². The van der Waals surface area contributed by atoms with E-state index in [9.17, 15) is 17.6 Å². The molecule has 1 saturated heterocycles. The molecule has 0 saturated carbocycles. The van der Waals surface area contributed by atoms with E-state index in [4.69, 9.17) is 14.2 Å². The molecule has 1 fully saturated rings. The molecule has 0 aliphatic carbocycles. The van der Waals surface area contributed by atoms with Crippen molar-refractivity contribution < 1.29 is 31.8 Å². The van der Waals surface area contributed by atoms with Gasteiger partial charge in [-0.1, -0.05) is 39.8 Å². The Morgan fingerprint density at radius 1 is 1.14 bits per heavy atom. The summed E-state index contributed by atoms with van der Waals surface area (Å²) in [5.41, 5.74) is 2.35. The van der Waals surface area contributed by atoms with E-state index in [2.05, 4.69) is 23.8 Å². The number of halogens is 1. The maximum atomic E-state index is 13.8. The summed E-state index contributed by atoms with van der Waals surface area (Å²) in [7, 11) is -2.24. The number of hydrogen-bond acceptors (Lipinski definition) is 8. The number of aromatic nitrogens is 2. The zero-order valence-electron chi connectivity index (χ0n) is 26.0. The van der Waals surface area contributed by atoms with Crippen molar-refractivity contribution in [1.82, 2.24) is 9.97 Å². The summed E-state index contributed by atoms with van der Waals surface area (Å²) in [4.78, 5) is 21.9. The van der Waals surface area contributed by atoms with Crippen molar-refractivity contribution in [2.45, 2.75) is 97.7 Å². The largest absolute Gasteiger partial charge is 0.463 e. The Kier molecular flexibility index (Phi) is 10.9. The van der Waals surface area contributed by atoms with Crippen LogP contribution in [0.25, 0.3) is 17.3 Å². The highest BCUT2D eigenvalue weighted by Crippen LogP contribution is 2.34. The molecule has 0 spiro atoms. The molecule has 11 heteroatoms. The first-order valence-electron chi connectivity index (χ1n) is 14.3. The Hall–Kier alpha value is -2.89. The van der Waals surface area contributed by atoms with Gasteiger partial charge in [-0.2, -0.15) is 0 Å². The normalized spacial score (nSPS) is 19.8. The van der Waals surface area contributed by atoms with Crippen LogP contribution in [0.4, 0.5) is 10.3 Å². The second-order valence-electron chi connectivity index (χ2n) is 12.1. The number of nitrogens with zero attached hydrogens (tertiary/aromatic N) is 3. The van der Waals surface area contributed by atoms with Gasteiger partial charge < -0.3 is 14.2 Å². The van der Waals surface area contributed by atoms with Crippen LogP contribution < -0.4 is 4.31 Å². The quantitative estimate of drug-likeness (QED) is 0.283. The van der Waals surface area contributed by atoms with Crippen LogP contribution in [0.1, 0.15) is 84.9 Å². The van der Waals surface area contributed by atoms with Crippen LogP contribution in [0.2, 0.25) is 0 Å². The summed E-state index contributed by atoms with van der Waals surface area (Å²) in [6.45, 7) is 13.6. The van der Waals surface area contributed by atoms with Crippen LogP contribution in [0.3, 0.4) is 0 Å². The molecule has 1 aliphatic rings. The van der Waals surface area contributed by atoms with E-state index in [0.717, 1.165) is 17.0 Å². The Labute approximate surface area is 249 Å². The number of hydrogen-bond donors (Lipinski definition) is 0. The number of anilines is 1. The van der Waals surface area contributed by atoms with Gasteiger partial charge in [0.1, 0.15) is 5.82 Å². The summed E-state index contributed by atoms with van der Waals surface area (Å²) in [6.07, 6.45) is 5.13. The van der Waals surface area contributed by atoms with Crippen LogP contribution in [0.5, 0.6) is 0 Å². The minimum atomic E-state index is -3.63. The molecule has 3 rings (SSSR count). The number of sulfonamides is 1. The van der Waals surface area contributed by atoms with E-state index in [1.807, 2.05) is 32.9 Å². The van der Waals surface area contributed by atoms with Crippen molar-refractivity contribution in [3.05, 3.63) is 47.4 Å². The van der Waals surface area contributed by atoms with Gasteiger partial charge in [-0.05, 0) is 63.3 Å². The van der Waals surface area contributed by atoms with Crippen LogP contribution in [-0.4, -0.2) is 61.8 Å². The SMILES string of the molecule is CC(C)CC(C)OC(=O)C[C@H]1C[C@@H](/C=C/c2c(-c3ccc(F)cc3)nc(N(C)S(C)(=O)=O)nc2C(C)C)OC(C)(C)O1. The van der Waals surface area contributed by atoms with Gasteiger partial charge in [0, 0.05) is 24.6 Å². The molecule has 42 heavy (non-hydrogen) atoms. The zero-order valence-corrected chi connectivity index (χ0v) is 26.9. The molecule has 1 aromatic carbocycles. The number of carbonyl (C=O) groups excluding carboxylic acids is 1. The fraction of sp³-hybridized carbons (Fsp3) is 0.581. The Morgan fingerprint density at radius 3 is 2.36 bits per heavy atom. The number of esters is 1. The summed E-state index contributed by atoms with van der Waals surface area (Å²) in [5, 5.41) is 0. The van der Waals surface area contributed by atoms with E-state index in [1.54, 1.807) is 26.0 Å². The predicted octanol–water partition coefficient (Wildman–Crippen LogP) is 6.09. The molecule has 0 N–H and O–H groups in total. The lowest BCUT2D eigenvalue weighted by molar-refractivity contribution is -0.290. The van der Waals surface area contributed by atoms with Gasteiger partial charge in [0.2, 0.25) is 16.0 Å². The van der Waals surface area contributed by atoms with Crippen molar-refractivity contribution in [3.8, 4) is 11.3 Å². The minimum absolute atomic E-state index is 0.0198. The topological polar surface area (TPSA) is 108 Å². The summed E-state index contributed by atoms with van der Waals surface area (Å²) in [5.74, 6) is -1.31. The molecule has 1 unspecified atom stereocenters. The summed E-state index contributed by atoms with van der Waals surface area (Å²) < 4.78 is 57.3. The fourth-order valence-electron chi connectivity index (χ4n) is 4.96. The van der Waals surface area contributed by atoms with Crippen LogP contribution in [0.15, 0.2) is 30.3 Å². The van der Waals surface area contributed by atoms with E-state index in [1.165, 1.54) is 19.2 Å². The van der Waals surface area contributed by atoms with Gasteiger partial charge in [0.05, 0.1) is 42.4 Å². The molecule has 9 nitrogen and oxygen atoms in total. The number of carbonyl (C=O) groups is 1. The third-order valence-electron chi connectivity index (χ3n) is 6.80. The molecule has 0 bridgehead atoms. The van der Waals surface area contributed by atoms with Crippen molar-refractivity contribution in [2.24, 2.45) is 5.92 Å². The van der Waals surface area contributed by atoms with Crippen molar-refractivity contribution >= 4 is 28.0 Å². The third kappa shape index (κ3) is 9.31. The van der Waals surface area contributed by atoms with Gasteiger partial charge in [-0.3, -0.25) is 4.79 Å². The second kappa shape index (κ2) is 13.6. The lowest BCUT2D eigenvalue weighted by Crippen LogP contribution is -2.44. The predicted molar refractivity (Wildman–Crippen MR) is 162 cm³/mol. The van der Waals surface area contributed by atoms with E-state index in [-0.39, 0.29) is 30.4 Å². The molecule has 2 aromatic rings. The molecule has 3 atom stereocenters. The van der Waals surface area contributed by atoms with Crippen molar-refractivity contribution in [3.63, 3.8) is 0 Å². The fourth-order valence-corrected chi connectivity index (χ4v) is 5.34. The van der Waals surface area contributed by atoms with Gasteiger partial charge in [-0.15, -0.1) is 0 Å². The van der Waals surface area contributed by atoms with Gasteiger partial charge in [-0.25, -0.2) is 27.1 Å². The second-order valence-corrected chi connectivity index (χ2v) is 14.1. The van der Waals surface area contributed by atoms with Gasteiger partial charge in [0.15, 0.2) is 5.79 Å². The smallest absolute Gasteiger partial charge is 0.308 e. The van der Waals surface area contributed by atoms with Crippen molar-refractivity contribution in [2.75, 3.05) is 17.6 Å². The Morgan fingerprint density at radius 2 is 1.79 bits per heavy atom. The minimum Gasteiger partial charge on any atom is -0.463 e. The Balaban J connectivity index is 1.97. The van der Waals surface area contributed by atoms with Crippen LogP contribution >= 0.6 is 0 Å². The van der Waals surface area contributed by atoms with Crippen LogP contribution in [0, 0.1) is 11.7 Å². The van der Waals surface area contributed by atoms with Gasteiger partial charge >= 0.3 is 5.97 Å². The van der Waals surface area contributed by atoms with Crippen molar-refractivity contribution in [1.29, 1.82) is 0 Å². The monoisotopic (exact) mass is 605 g/mol. The average Bonchev–Trinajstić information content (AvgIpc) is 2.84. The standard InChI is InChI=1S/C31H44FN3O6S/c1-19(2)16-21(5)39-27(36)18-25-17-24(40-31(6,7)41-25)14-15-26-28(20(3)4)33-30(35(8)42(9,37)38)34-29(26)22-10-12-23(32)13-11-22/h10-15,19-21,24-25H,16-18H2,1-9H3/b15-14+/t21?,24-,25-/m1/s1. The van der Waals surface area contributed by atoms with Gasteiger partial charge in [0.25, 0.3) is 0 Å². The first-order valence-corrected chi connectivity index (χ1v) is 16.1. The van der Waals surface area contributed by atoms with E-state index in [0.29, 0.717) is 34.9 Å². The number of benzene rings is 1. The molecular weight excluding hydrogens is 561 g/mol. The molecule has 232 valence electrons. The number of rotatable bonds is 11. The molecule has 0 amide bonds. The first kappa shape index (κ1) is 33.6. The molecular formula is C31H44FN3O6S. The summed E-state index contributed by atoms with van der Waals surface area (Å²) >= 11 is 0. The first-order chi connectivity index (χ1) is 19.4.